The maximum Gasteiger partial charge on any atom is 0.0253 e. The number of hydrogen-bond donors (Lipinski definition) is 2. The third-order valence-electron chi connectivity index (χ3n) is 3.07. The molecule has 3 N–H and O–H groups in total. The number of rotatable bonds is 3. The van der Waals surface area contributed by atoms with Crippen molar-refractivity contribution in [3.8, 4) is 0 Å². The zero-order valence-corrected chi connectivity index (χ0v) is 9.09. The van der Waals surface area contributed by atoms with Gasteiger partial charge in [0.1, 0.15) is 0 Å². The minimum absolute atomic E-state index is 0.251. The second kappa shape index (κ2) is 4.94. The van der Waals surface area contributed by atoms with Crippen LogP contribution in [0.4, 0.5) is 0 Å². The molecule has 0 bridgehead atoms. The molecule has 3 nitrogen and oxygen atoms in total. The van der Waals surface area contributed by atoms with Crippen molar-refractivity contribution in [2.75, 3.05) is 27.2 Å². The number of nitrogens with zero attached hydrogens (tertiary/aromatic N) is 1. The summed E-state index contributed by atoms with van der Waals surface area (Å²) in [6, 6.07) is 0.726. The molecule has 1 aliphatic rings. The molecule has 0 amide bonds. The first kappa shape index (κ1) is 11.0. The maximum atomic E-state index is 5.94. The molecule has 3 heteroatoms. The van der Waals surface area contributed by atoms with Crippen LogP contribution < -0.4 is 11.1 Å². The number of piperidine rings is 1. The highest BCUT2D eigenvalue weighted by Crippen LogP contribution is 2.19. The minimum Gasteiger partial charge on any atom is -0.327 e. The molecule has 1 fully saturated rings. The quantitative estimate of drug-likeness (QED) is 0.663. The van der Waals surface area contributed by atoms with Crippen LogP contribution in [-0.4, -0.2) is 44.2 Å². The predicted octanol–water partition coefficient (Wildman–Crippen LogP) is 0.263. The van der Waals surface area contributed by atoms with E-state index in [9.17, 15) is 0 Å². The van der Waals surface area contributed by atoms with Crippen molar-refractivity contribution in [2.24, 2.45) is 11.7 Å². The van der Waals surface area contributed by atoms with Gasteiger partial charge in [-0.3, -0.25) is 0 Å². The summed E-state index contributed by atoms with van der Waals surface area (Å²) >= 11 is 0. The molecule has 0 radical (unpaired) electrons. The fraction of sp³-hybridized carbons (Fsp3) is 1.00. The van der Waals surface area contributed by atoms with Crippen molar-refractivity contribution >= 4 is 0 Å². The summed E-state index contributed by atoms with van der Waals surface area (Å²) < 4.78 is 0. The van der Waals surface area contributed by atoms with Gasteiger partial charge in [-0.2, -0.15) is 0 Å². The van der Waals surface area contributed by atoms with Gasteiger partial charge in [-0.05, 0) is 46.3 Å². The summed E-state index contributed by atoms with van der Waals surface area (Å²) in [4.78, 5) is 2.40. The zero-order chi connectivity index (χ0) is 9.84. The summed E-state index contributed by atoms with van der Waals surface area (Å²) in [7, 11) is 4.21. The number of nitrogens with two attached hydrogens (primary N) is 1. The lowest BCUT2D eigenvalue weighted by Gasteiger charge is -2.36. The first-order valence-corrected chi connectivity index (χ1v) is 5.26. The molecule has 13 heavy (non-hydrogen) atoms. The molecule has 1 heterocycles. The van der Waals surface area contributed by atoms with Crippen LogP contribution >= 0.6 is 0 Å². The standard InChI is InChI=1S/C10H23N3/c1-8(11)10(12-2)9-5-4-6-13(3)7-9/h8-10,12H,4-7,11H2,1-3H3. The molecule has 78 valence electrons. The van der Waals surface area contributed by atoms with Gasteiger partial charge >= 0.3 is 0 Å². The molecule has 1 saturated heterocycles. The van der Waals surface area contributed by atoms with Gasteiger partial charge < -0.3 is 16.0 Å². The van der Waals surface area contributed by atoms with Gasteiger partial charge in [-0.25, -0.2) is 0 Å². The number of nitrogens with one attached hydrogen (secondary N) is 1. The zero-order valence-electron chi connectivity index (χ0n) is 9.09. The van der Waals surface area contributed by atoms with Crippen LogP contribution in [0.3, 0.4) is 0 Å². The van der Waals surface area contributed by atoms with E-state index >= 15 is 0 Å². The Balaban J connectivity index is 2.47. The van der Waals surface area contributed by atoms with Crippen molar-refractivity contribution in [3.63, 3.8) is 0 Å². The molecule has 0 aromatic heterocycles. The van der Waals surface area contributed by atoms with Crippen molar-refractivity contribution in [2.45, 2.75) is 31.8 Å². The monoisotopic (exact) mass is 185 g/mol. The average molecular weight is 185 g/mol. The van der Waals surface area contributed by atoms with E-state index in [-0.39, 0.29) is 6.04 Å². The van der Waals surface area contributed by atoms with Gasteiger partial charge in [0.05, 0.1) is 0 Å². The van der Waals surface area contributed by atoms with Gasteiger partial charge in [0.15, 0.2) is 0 Å². The lowest BCUT2D eigenvalue weighted by molar-refractivity contribution is 0.167. The Morgan fingerprint density at radius 3 is 2.69 bits per heavy atom. The Morgan fingerprint density at radius 1 is 1.54 bits per heavy atom. The maximum absolute atomic E-state index is 5.94. The van der Waals surface area contributed by atoms with Crippen LogP contribution in [0.15, 0.2) is 0 Å². The SMILES string of the molecule is CNC(C(C)N)C1CCCN(C)C1. The number of likely N-dealkylation sites (N-methyl/N-ethyl adjacent to an activating group) is 1. The van der Waals surface area contributed by atoms with E-state index in [0.717, 1.165) is 5.92 Å². The molecule has 0 spiro atoms. The molecular weight excluding hydrogens is 162 g/mol. The van der Waals surface area contributed by atoms with Crippen LogP contribution in [0.1, 0.15) is 19.8 Å². The summed E-state index contributed by atoms with van der Waals surface area (Å²) in [6.07, 6.45) is 2.63. The van der Waals surface area contributed by atoms with E-state index in [1.807, 2.05) is 7.05 Å². The summed E-state index contributed by atoms with van der Waals surface area (Å²) in [5.41, 5.74) is 5.94. The molecule has 1 rings (SSSR count). The molecule has 1 aliphatic heterocycles. The highest BCUT2D eigenvalue weighted by atomic mass is 15.1. The molecule has 0 aromatic rings. The average Bonchev–Trinajstić information content (AvgIpc) is 2.04. The van der Waals surface area contributed by atoms with Crippen LogP contribution in [0.5, 0.6) is 0 Å². The van der Waals surface area contributed by atoms with E-state index < -0.39 is 0 Å². The normalized spacial score (nSPS) is 30.0. The van der Waals surface area contributed by atoms with Crippen molar-refractivity contribution < 1.29 is 0 Å². The third kappa shape index (κ3) is 2.93. The van der Waals surface area contributed by atoms with Crippen LogP contribution in [0.2, 0.25) is 0 Å². The van der Waals surface area contributed by atoms with Crippen LogP contribution in [0, 0.1) is 5.92 Å². The Kier molecular flexibility index (Phi) is 4.16. The van der Waals surface area contributed by atoms with Crippen molar-refractivity contribution in [1.82, 2.24) is 10.2 Å². The molecule has 0 aliphatic carbocycles. The Hall–Kier alpha value is -0.120. The molecule has 3 unspecified atom stereocenters. The van der Waals surface area contributed by atoms with E-state index in [1.54, 1.807) is 0 Å². The van der Waals surface area contributed by atoms with Gasteiger partial charge in [-0.1, -0.05) is 0 Å². The number of hydrogen-bond acceptors (Lipinski definition) is 3. The lowest BCUT2D eigenvalue weighted by Crippen LogP contribution is -2.51. The second-order valence-electron chi connectivity index (χ2n) is 4.34. The van der Waals surface area contributed by atoms with E-state index in [2.05, 4.69) is 24.2 Å². The predicted molar refractivity (Wildman–Crippen MR) is 56.7 cm³/mol. The Bertz CT molecular complexity index is 147. The van der Waals surface area contributed by atoms with Crippen LogP contribution in [0.25, 0.3) is 0 Å². The van der Waals surface area contributed by atoms with Gasteiger partial charge in [-0.15, -0.1) is 0 Å². The number of likely N-dealkylation sites (tertiary alicyclic amines) is 1. The fourth-order valence-electron chi connectivity index (χ4n) is 2.43. The fourth-order valence-corrected chi connectivity index (χ4v) is 2.43. The summed E-state index contributed by atoms with van der Waals surface area (Å²) in [6.45, 7) is 4.52. The van der Waals surface area contributed by atoms with Crippen molar-refractivity contribution in [3.05, 3.63) is 0 Å². The molecule has 0 saturated carbocycles. The first-order chi connectivity index (χ1) is 6.15. The molecule has 0 aromatic carbocycles. The van der Waals surface area contributed by atoms with E-state index in [1.165, 1.54) is 25.9 Å². The first-order valence-electron chi connectivity index (χ1n) is 5.26. The summed E-state index contributed by atoms with van der Waals surface area (Å²) in [5, 5.41) is 3.34. The van der Waals surface area contributed by atoms with Crippen molar-refractivity contribution in [1.29, 1.82) is 0 Å². The van der Waals surface area contributed by atoms with E-state index in [4.69, 9.17) is 5.73 Å². The highest BCUT2D eigenvalue weighted by molar-refractivity contribution is 4.86. The smallest absolute Gasteiger partial charge is 0.0253 e. The highest BCUT2D eigenvalue weighted by Gasteiger charge is 2.26. The Labute approximate surface area is 81.7 Å². The van der Waals surface area contributed by atoms with E-state index in [0.29, 0.717) is 6.04 Å². The topological polar surface area (TPSA) is 41.3 Å². The lowest BCUT2D eigenvalue weighted by atomic mass is 9.87. The van der Waals surface area contributed by atoms with Gasteiger partial charge in [0.25, 0.3) is 0 Å². The second-order valence-corrected chi connectivity index (χ2v) is 4.34. The molecule has 3 atom stereocenters. The van der Waals surface area contributed by atoms with Gasteiger partial charge in [0, 0.05) is 18.6 Å². The Morgan fingerprint density at radius 2 is 2.23 bits per heavy atom. The summed E-state index contributed by atoms with van der Waals surface area (Å²) in [5.74, 6) is 0.726. The largest absolute Gasteiger partial charge is 0.327 e. The third-order valence-corrected chi connectivity index (χ3v) is 3.07. The van der Waals surface area contributed by atoms with Crippen LogP contribution in [-0.2, 0) is 0 Å². The molecular formula is C10H23N3. The minimum atomic E-state index is 0.251. The van der Waals surface area contributed by atoms with Gasteiger partial charge in [0.2, 0.25) is 0 Å².